The summed E-state index contributed by atoms with van der Waals surface area (Å²) in [6, 6.07) is 13.6. The minimum absolute atomic E-state index is 0.0408. The van der Waals surface area contributed by atoms with Crippen LogP contribution in [0.25, 0.3) is 11.0 Å². The summed E-state index contributed by atoms with van der Waals surface area (Å²) < 4.78 is 70.9. The number of ether oxygens (including phenoxy) is 4. The second-order valence-corrected chi connectivity index (χ2v) is 10.7. The van der Waals surface area contributed by atoms with E-state index in [0.29, 0.717) is 24.6 Å². The smallest absolute Gasteiger partial charge is 0.453 e. The van der Waals surface area contributed by atoms with Crippen LogP contribution >= 0.6 is 0 Å². The molecule has 46 heavy (non-hydrogen) atoms. The first-order chi connectivity index (χ1) is 22.0. The van der Waals surface area contributed by atoms with Gasteiger partial charge in [-0.2, -0.15) is 13.2 Å². The van der Waals surface area contributed by atoms with Crippen LogP contribution in [0.4, 0.5) is 13.2 Å². The number of esters is 1. The maximum absolute atomic E-state index is 14.5. The van der Waals surface area contributed by atoms with Gasteiger partial charge >= 0.3 is 12.1 Å². The molecule has 3 aromatic carbocycles. The Kier molecular flexibility index (Phi) is 11.3. The third-order valence-electron chi connectivity index (χ3n) is 7.30. The molecule has 0 aliphatic rings. The lowest BCUT2D eigenvalue weighted by molar-refractivity contribution is -0.154. The maximum Gasteiger partial charge on any atom is 0.453 e. The van der Waals surface area contributed by atoms with Crippen LogP contribution in [0.2, 0.25) is 0 Å². The molecule has 0 fully saturated rings. The molecule has 0 unspecified atom stereocenters. The highest BCUT2D eigenvalue weighted by atomic mass is 19.4. The van der Waals surface area contributed by atoms with Crippen molar-refractivity contribution in [2.45, 2.75) is 59.2 Å². The van der Waals surface area contributed by atoms with Gasteiger partial charge in [-0.3, -0.25) is 9.69 Å². The molecule has 11 heteroatoms. The third kappa shape index (κ3) is 7.82. The molecule has 1 aromatic heterocycles. The molecule has 4 aromatic rings. The number of aryl methyl sites for hydroxylation is 1. The Morgan fingerprint density at radius 3 is 2.09 bits per heavy atom. The lowest BCUT2D eigenvalue weighted by Gasteiger charge is -2.23. The standard InChI is InChI=1S/C35H38F3NO7/c1-6-9-22-10-13-24(14-11-22)44-32-30(40)25-15-17-27(45-34(41)23-12-16-28(42-4)29(20-23)43-5)26(21-39(18-7-2)19-8-3)31(25)46-33(32)35(36,37)38/h10-17,20H,6-9,18-19,21H2,1-5H3. The number of benzene rings is 3. The van der Waals surface area contributed by atoms with Crippen molar-refractivity contribution in [3.63, 3.8) is 0 Å². The summed E-state index contributed by atoms with van der Waals surface area (Å²) in [4.78, 5) is 29.0. The molecule has 1 heterocycles. The molecule has 0 spiro atoms. The Hall–Kier alpha value is -4.51. The summed E-state index contributed by atoms with van der Waals surface area (Å²) in [5.74, 6) is -2.62. The van der Waals surface area contributed by atoms with Crippen molar-refractivity contribution in [2.24, 2.45) is 0 Å². The molecule has 0 aliphatic carbocycles. The Balaban J connectivity index is 1.87. The monoisotopic (exact) mass is 641 g/mol. The average molecular weight is 642 g/mol. The van der Waals surface area contributed by atoms with Gasteiger partial charge in [-0.1, -0.05) is 39.3 Å². The van der Waals surface area contributed by atoms with Gasteiger partial charge in [0.1, 0.15) is 17.1 Å². The summed E-state index contributed by atoms with van der Waals surface area (Å²) in [5, 5.41) is -0.139. The van der Waals surface area contributed by atoms with E-state index in [2.05, 4.69) is 0 Å². The third-order valence-corrected chi connectivity index (χ3v) is 7.30. The fourth-order valence-electron chi connectivity index (χ4n) is 5.18. The van der Waals surface area contributed by atoms with E-state index in [-0.39, 0.29) is 40.1 Å². The van der Waals surface area contributed by atoms with Crippen molar-refractivity contribution < 1.29 is 41.3 Å². The number of hydrogen-bond acceptors (Lipinski definition) is 8. The summed E-state index contributed by atoms with van der Waals surface area (Å²) in [5.41, 5.74) is -0.0967. The van der Waals surface area contributed by atoms with Crippen molar-refractivity contribution >= 4 is 16.9 Å². The van der Waals surface area contributed by atoms with Crippen LogP contribution in [0.5, 0.6) is 28.7 Å². The van der Waals surface area contributed by atoms with Gasteiger partial charge in [0.2, 0.25) is 11.2 Å². The quantitative estimate of drug-likeness (QED) is 0.100. The average Bonchev–Trinajstić information content (AvgIpc) is 3.03. The number of methoxy groups -OCH3 is 2. The van der Waals surface area contributed by atoms with Crippen LogP contribution in [0, 0.1) is 0 Å². The molecule has 0 atom stereocenters. The van der Waals surface area contributed by atoms with Crippen LogP contribution in [-0.2, 0) is 19.1 Å². The van der Waals surface area contributed by atoms with Crippen molar-refractivity contribution in [1.82, 2.24) is 4.90 Å². The SMILES string of the molecule is CCCc1ccc(Oc2c(C(F)(F)F)oc3c(CN(CCC)CCC)c(OC(=O)c4ccc(OC)c(OC)c4)ccc3c2=O)cc1. The van der Waals surface area contributed by atoms with Crippen LogP contribution < -0.4 is 24.4 Å². The normalized spacial score (nSPS) is 11.6. The van der Waals surface area contributed by atoms with E-state index in [1.807, 2.05) is 25.7 Å². The van der Waals surface area contributed by atoms with Crippen LogP contribution in [0.15, 0.2) is 63.8 Å². The van der Waals surface area contributed by atoms with Crippen molar-refractivity contribution in [1.29, 1.82) is 0 Å². The largest absolute Gasteiger partial charge is 0.493 e. The zero-order chi connectivity index (χ0) is 33.4. The number of rotatable bonds is 14. The minimum atomic E-state index is -5.07. The molecule has 4 rings (SSSR count). The van der Waals surface area contributed by atoms with Gasteiger partial charge in [0.05, 0.1) is 30.7 Å². The minimum Gasteiger partial charge on any atom is -0.493 e. The second kappa shape index (κ2) is 15.2. The van der Waals surface area contributed by atoms with Crippen molar-refractivity contribution in [3.8, 4) is 28.7 Å². The lowest BCUT2D eigenvalue weighted by atomic mass is 10.1. The zero-order valence-corrected chi connectivity index (χ0v) is 26.6. The Labute approximate surface area is 265 Å². The molecule has 0 N–H and O–H groups in total. The van der Waals surface area contributed by atoms with E-state index in [9.17, 15) is 22.8 Å². The molecule has 0 aliphatic heterocycles. The van der Waals surface area contributed by atoms with Gasteiger partial charge in [-0.15, -0.1) is 0 Å². The first-order valence-electron chi connectivity index (χ1n) is 15.2. The van der Waals surface area contributed by atoms with Gasteiger partial charge in [0.25, 0.3) is 5.76 Å². The number of hydrogen-bond donors (Lipinski definition) is 0. The summed E-state index contributed by atoms with van der Waals surface area (Å²) in [6.07, 6.45) is -1.85. The van der Waals surface area contributed by atoms with E-state index in [1.165, 1.54) is 56.7 Å². The topological polar surface area (TPSA) is 87.4 Å². The molecular weight excluding hydrogens is 603 g/mol. The number of halogens is 3. The van der Waals surface area contributed by atoms with Gasteiger partial charge in [0.15, 0.2) is 11.5 Å². The fourth-order valence-corrected chi connectivity index (χ4v) is 5.18. The predicted octanol–water partition coefficient (Wildman–Crippen LogP) is 8.42. The van der Waals surface area contributed by atoms with E-state index in [4.69, 9.17) is 23.4 Å². The number of carbonyl (C=O) groups is 1. The predicted molar refractivity (Wildman–Crippen MR) is 168 cm³/mol. The Morgan fingerprint density at radius 2 is 1.50 bits per heavy atom. The highest BCUT2D eigenvalue weighted by Crippen LogP contribution is 2.40. The Morgan fingerprint density at radius 1 is 0.848 bits per heavy atom. The summed E-state index contributed by atoms with van der Waals surface area (Å²) in [7, 11) is 2.88. The molecule has 0 saturated carbocycles. The maximum atomic E-state index is 14.5. The van der Waals surface area contributed by atoms with Gasteiger partial charge in [-0.05, 0) is 80.4 Å². The molecule has 0 saturated heterocycles. The number of carbonyl (C=O) groups excluding carboxylic acids is 1. The van der Waals surface area contributed by atoms with Gasteiger partial charge in [-0.25, -0.2) is 4.79 Å². The Bertz CT molecular complexity index is 1710. The van der Waals surface area contributed by atoms with Gasteiger partial charge in [0, 0.05) is 6.54 Å². The summed E-state index contributed by atoms with van der Waals surface area (Å²) >= 11 is 0. The van der Waals surface area contributed by atoms with E-state index in [1.54, 1.807) is 12.1 Å². The highest BCUT2D eigenvalue weighted by molar-refractivity contribution is 5.93. The van der Waals surface area contributed by atoms with E-state index < -0.39 is 29.1 Å². The van der Waals surface area contributed by atoms with E-state index >= 15 is 0 Å². The van der Waals surface area contributed by atoms with Crippen molar-refractivity contribution in [2.75, 3.05) is 27.3 Å². The molecule has 0 amide bonds. The molecular formula is C35H38F3NO7. The van der Waals surface area contributed by atoms with Crippen LogP contribution in [0.1, 0.15) is 67.3 Å². The number of nitrogens with zero attached hydrogens (tertiary/aromatic N) is 1. The molecule has 0 radical (unpaired) electrons. The van der Waals surface area contributed by atoms with Crippen LogP contribution in [-0.4, -0.2) is 38.2 Å². The summed E-state index contributed by atoms with van der Waals surface area (Å²) in [6.45, 7) is 7.25. The lowest BCUT2D eigenvalue weighted by Crippen LogP contribution is -2.26. The zero-order valence-electron chi connectivity index (χ0n) is 26.6. The molecule has 8 nitrogen and oxygen atoms in total. The number of alkyl halides is 3. The fraction of sp³-hybridized carbons (Fsp3) is 0.371. The van der Waals surface area contributed by atoms with Crippen LogP contribution in [0.3, 0.4) is 0 Å². The second-order valence-electron chi connectivity index (χ2n) is 10.7. The highest BCUT2D eigenvalue weighted by Gasteiger charge is 2.41. The number of fused-ring (bicyclic) bond motifs is 1. The van der Waals surface area contributed by atoms with Crippen molar-refractivity contribution in [3.05, 3.63) is 87.3 Å². The first-order valence-corrected chi connectivity index (χ1v) is 15.2. The molecule has 0 bridgehead atoms. The first kappa shape index (κ1) is 34.4. The van der Waals surface area contributed by atoms with E-state index in [0.717, 1.165) is 31.2 Å². The van der Waals surface area contributed by atoms with Gasteiger partial charge < -0.3 is 23.4 Å². The molecule has 246 valence electrons.